The Hall–Kier alpha value is -2.08. The average molecular weight is 352 g/mol. The lowest BCUT2D eigenvalue weighted by Crippen LogP contribution is -2.23. The average Bonchev–Trinajstić information content (AvgIpc) is 2.80. The van der Waals surface area contributed by atoms with E-state index in [1.54, 1.807) is 19.1 Å². The summed E-state index contributed by atoms with van der Waals surface area (Å²) >= 11 is 3.38. The van der Waals surface area contributed by atoms with Crippen LogP contribution in [0.5, 0.6) is 0 Å². The number of rotatable bonds is 4. The molecule has 21 heavy (non-hydrogen) atoms. The molecule has 1 aromatic heterocycles. The highest BCUT2D eigenvalue weighted by atomic mass is 79.9. The number of aryl methyl sites for hydroxylation is 2. The summed E-state index contributed by atoms with van der Waals surface area (Å²) in [6.07, 6.45) is 0. The molecule has 0 atom stereocenters. The van der Waals surface area contributed by atoms with Crippen LogP contribution in [0.15, 0.2) is 33.2 Å². The zero-order chi connectivity index (χ0) is 15.6. The maximum atomic E-state index is 12.1. The normalized spacial score (nSPS) is 10.4. The Kier molecular flexibility index (Phi) is 4.47. The fourth-order valence-electron chi connectivity index (χ4n) is 1.93. The number of hydrogen-bond donors (Lipinski definition) is 2. The van der Waals surface area contributed by atoms with Crippen LogP contribution in [0.1, 0.15) is 37.8 Å². The molecule has 0 bridgehead atoms. The summed E-state index contributed by atoms with van der Waals surface area (Å²) in [6.45, 7) is 3.61. The fraction of sp³-hybridized carbons (Fsp3) is 0.200. The Labute approximate surface area is 130 Å². The van der Waals surface area contributed by atoms with Crippen molar-refractivity contribution in [2.24, 2.45) is 0 Å². The summed E-state index contributed by atoms with van der Waals surface area (Å²) in [6, 6.07) is 6.83. The smallest absolute Gasteiger partial charge is 0.339 e. The number of amides is 1. The highest BCUT2D eigenvalue weighted by Gasteiger charge is 2.15. The molecule has 110 valence electrons. The molecule has 1 aromatic carbocycles. The van der Waals surface area contributed by atoms with E-state index in [-0.39, 0.29) is 18.0 Å². The molecular weight excluding hydrogens is 338 g/mol. The minimum absolute atomic E-state index is 0.107. The molecule has 2 rings (SSSR count). The van der Waals surface area contributed by atoms with Gasteiger partial charge in [0.25, 0.3) is 5.91 Å². The van der Waals surface area contributed by atoms with Crippen molar-refractivity contribution in [3.63, 3.8) is 0 Å². The van der Waals surface area contributed by atoms with Gasteiger partial charge in [0.2, 0.25) is 0 Å². The minimum atomic E-state index is -1.05. The molecule has 0 fully saturated rings. The second-order valence-corrected chi connectivity index (χ2v) is 5.40. The second kappa shape index (κ2) is 6.13. The van der Waals surface area contributed by atoms with Crippen LogP contribution in [-0.2, 0) is 6.54 Å². The first-order valence-electron chi connectivity index (χ1n) is 6.26. The van der Waals surface area contributed by atoms with Gasteiger partial charge in [-0.05, 0) is 47.5 Å². The van der Waals surface area contributed by atoms with Crippen LogP contribution in [0.4, 0.5) is 0 Å². The lowest BCUT2D eigenvalue weighted by atomic mass is 10.1. The number of carboxylic acid groups (broad SMARTS) is 1. The van der Waals surface area contributed by atoms with Gasteiger partial charge < -0.3 is 14.8 Å². The van der Waals surface area contributed by atoms with Gasteiger partial charge in [0, 0.05) is 4.47 Å². The predicted molar refractivity (Wildman–Crippen MR) is 80.5 cm³/mol. The highest BCUT2D eigenvalue weighted by Crippen LogP contribution is 2.21. The molecule has 0 aliphatic heterocycles. The van der Waals surface area contributed by atoms with Crippen LogP contribution in [0.25, 0.3) is 0 Å². The van der Waals surface area contributed by atoms with Crippen molar-refractivity contribution in [3.8, 4) is 0 Å². The zero-order valence-electron chi connectivity index (χ0n) is 11.6. The molecule has 0 saturated heterocycles. The molecule has 1 amide bonds. The molecule has 0 unspecified atom stereocenters. The molecular formula is C15H14BrNO4. The van der Waals surface area contributed by atoms with E-state index in [1.807, 2.05) is 13.0 Å². The molecule has 0 spiro atoms. The van der Waals surface area contributed by atoms with Crippen molar-refractivity contribution in [3.05, 3.63) is 56.9 Å². The molecule has 5 nitrogen and oxygen atoms in total. The van der Waals surface area contributed by atoms with Crippen LogP contribution in [0, 0.1) is 13.8 Å². The predicted octanol–water partition coefficient (Wildman–Crippen LogP) is 3.29. The zero-order valence-corrected chi connectivity index (χ0v) is 13.2. The van der Waals surface area contributed by atoms with Crippen molar-refractivity contribution >= 4 is 27.8 Å². The van der Waals surface area contributed by atoms with Gasteiger partial charge in [0.05, 0.1) is 12.1 Å². The second-order valence-electron chi connectivity index (χ2n) is 4.61. The van der Waals surface area contributed by atoms with E-state index in [2.05, 4.69) is 21.2 Å². The first kappa shape index (κ1) is 15.3. The summed E-state index contributed by atoms with van der Waals surface area (Å²) in [5, 5.41) is 11.7. The Morgan fingerprint density at radius 2 is 2.00 bits per heavy atom. The monoisotopic (exact) mass is 351 g/mol. The molecule has 0 aliphatic carbocycles. The number of carbonyl (C=O) groups is 2. The summed E-state index contributed by atoms with van der Waals surface area (Å²) in [4.78, 5) is 23.0. The molecule has 0 saturated carbocycles. The van der Waals surface area contributed by atoms with Gasteiger partial charge in [-0.2, -0.15) is 0 Å². The Bertz CT molecular complexity index is 706. The van der Waals surface area contributed by atoms with E-state index in [0.29, 0.717) is 17.1 Å². The quantitative estimate of drug-likeness (QED) is 0.885. The standard InChI is InChI=1S/C15H14BrNO4/c1-8-4-3-5-11(13(8)16)14(18)17-7-10-6-12(15(19)20)9(2)21-10/h3-6H,7H2,1-2H3,(H,17,18)(H,19,20). The number of benzene rings is 1. The molecule has 0 aliphatic rings. The van der Waals surface area contributed by atoms with E-state index >= 15 is 0 Å². The molecule has 2 N–H and O–H groups in total. The van der Waals surface area contributed by atoms with Gasteiger partial charge in [-0.1, -0.05) is 12.1 Å². The molecule has 2 aromatic rings. The van der Waals surface area contributed by atoms with E-state index in [1.165, 1.54) is 6.07 Å². The Morgan fingerprint density at radius 3 is 2.62 bits per heavy atom. The van der Waals surface area contributed by atoms with Crippen molar-refractivity contribution < 1.29 is 19.1 Å². The number of hydrogen-bond acceptors (Lipinski definition) is 3. The van der Waals surface area contributed by atoms with E-state index in [4.69, 9.17) is 9.52 Å². The number of carboxylic acids is 1. The third-order valence-electron chi connectivity index (χ3n) is 3.06. The van der Waals surface area contributed by atoms with Gasteiger partial charge in [0.15, 0.2) is 0 Å². The van der Waals surface area contributed by atoms with Crippen molar-refractivity contribution in [2.45, 2.75) is 20.4 Å². The van der Waals surface area contributed by atoms with Gasteiger partial charge in [0.1, 0.15) is 17.1 Å². The van der Waals surface area contributed by atoms with Crippen LogP contribution in [0.2, 0.25) is 0 Å². The van der Waals surface area contributed by atoms with Gasteiger partial charge in [-0.15, -0.1) is 0 Å². The molecule has 6 heteroatoms. The minimum Gasteiger partial charge on any atom is -0.478 e. The number of aromatic carboxylic acids is 1. The maximum absolute atomic E-state index is 12.1. The van der Waals surface area contributed by atoms with Gasteiger partial charge in [-0.25, -0.2) is 4.79 Å². The third kappa shape index (κ3) is 3.33. The van der Waals surface area contributed by atoms with E-state index in [9.17, 15) is 9.59 Å². The summed E-state index contributed by atoms with van der Waals surface area (Å²) in [7, 11) is 0. The summed E-state index contributed by atoms with van der Waals surface area (Å²) in [5.74, 6) is -0.572. The van der Waals surface area contributed by atoms with Gasteiger partial charge >= 0.3 is 5.97 Å². The van der Waals surface area contributed by atoms with Crippen LogP contribution < -0.4 is 5.32 Å². The maximum Gasteiger partial charge on any atom is 0.339 e. The molecule has 1 heterocycles. The SMILES string of the molecule is Cc1cccc(C(=O)NCc2cc(C(=O)O)c(C)o2)c1Br. The van der Waals surface area contributed by atoms with Crippen molar-refractivity contribution in [1.82, 2.24) is 5.32 Å². The fourth-order valence-corrected chi connectivity index (χ4v) is 2.37. The van der Waals surface area contributed by atoms with Crippen LogP contribution >= 0.6 is 15.9 Å². The molecule has 0 radical (unpaired) electrons. The number of furan rings is 1. The first-order chi connectivity index (χ1) is 9.90. The summed E-state index contributed by atoms with van der Waals surface area (Å²) < 4.78 is 6.05. The van der Waals surface area contributed by atoms with Crippen LogP contribution in [-0.4, -0.2) is 17.0 Å². The first-order valence-corrected chi connectivity index (χ1v) is 7.05. The van der Waals surface area contributed by atoms with Crippen molar-refractivity contribution in [1.29, 1.82) is 0 Å². The number of nitrogens with one attached hydrogen (secondary N) is 1. The highest BCUT2D eigenvalue weighted by molar-refractivity contribution is 9.10. The van der Waals surface area contributed by atoms with E-state index < -0.39 is 5.97 Å². The number of carbonyl (C=O) groups excluding carboxylic acids is 1. The Balaban J connectivity index is 2.09. The number of halogens is 1. The third-order valence-corrected chi connectivity index (χ3v) is 4.11. The van der Waals surface area contributed by atoms with Crippen LogP contribution in [0.3, 0.4) is 0 Å². The lowest BCUT2D eigenvalue weighted by molar-refractivity contribution is 0.0694. The Morgan fingerprint density at radius 1 is 1.29 bits per heavy atom. The van der Waals surface area contributed by atoms with E-state index in [0.717, 1.165) is 10.0 Å². The topological polar surface area (TPSA) is 79.5 Å². The van der Waals surface area contributed by atoms with Gasteiger partial charge in [-0.3, -0.25) is 4.79 Å². The summed E-state index contributed by atoms with van der Waals surface area (Å²) in [5.41, 5.74) is 1.59. The lowest BCUT2D eigenvalue weighted by Gasteiger charge is -2.07. The van der Waals surface area contributed by atoms with Crippen molar-refractivity contribution in [2.75, 3.05) is 0 Å². The largest absolute Gasteiger partial charge is 0.478 e.